The molecule has 0 aromatic heterocycles. The second kappa shape index (κ2) is 4.85. The Bertz CT molecular complexity index is 473. The van der Waals surface area contributed by atoms with Crippen molar-refractivity contribution < 1.29 is 19.4 Å². The largest absolute Gasteiger partial charge is 0.486 e. The summed E-state index contributed by atoms with van der Waals surface area (Å²) in [4.78, 5) is 11.7. The predicted molar refractivity (Wildman–Crippen MR) is 69.5 cm³/mol. The maximum Gasteiger partial charge on any atom is 0.314 e. The molecule has 102 valence electrons. The summed E-state index contributed by atoms with van der Waals surface area (Å²) in [6.45, 7) is 1.24. The Morgan fingerprint density at radius 3 is 2.63 bits per heavy atom. The molecule has 1 aromatic carbocycles. The number of aliphatic carboxylic acids is 1. The van der Waals surface area contributed by atoms with Crippen LogP contribution in [0.5, 0.6) is 5.75 Å². The van der Waals surface area contributed by atoms with Crippen molar-refractivity contribution in [3.8, 4) is 5.75 Å². The van der Waals surface area contributed by atoms with E-state index in [9.17, 15) is 9.90 Å². The molecule has 0 bridgehead atoms. The number of ether oxygens (including phenoxy) is 2. The topological polar surface area (TPSA) is 55.8 Å². The summed E-state index contributed by atoms with van der Waals surface area (Å²) in [7, 11) is 0. The molecule has 4 nitrogen and oxygen atoms in total. The minimum absolute atomic E-state index is 0.111. The quantitative estimate of drug-likeness (QED) is 0.905. The van der Waals surface area contributed by atoms with E-state index in [4.69, 9.17) is 9.47 Å². The van der Waals surface area contributed by atoms with Gasteiger partial charge in [-0.25, -0.2) is 0 Å². The molecule has 1 saturated heterocycles. The van der Waals surface area contributed by atoms with Gasteiger partial charge in [0.1, 0.15) is 11.9 Å². The van der Waals surface area contributed by atoms with Crippen LogP contribution in [0.1, 0.15) is 31.2 Å². The lowest BCUT2D eigenvalue weighted by atomic mass is 9.79. The number of carbonyl (C=O) groups is 1. The van der Waals surface area contributed by atoms with Crippen LogP contribution in [-0.2, 0) is 14.9 Å². The first-order chi connectivity index (χ1) is 9.21. The molecule has 0 unspecified atom stereocenters. The molecule has 1 aliphatic heterocycles. The van der Waals surface area contributed by atoms with Gasteiger partial charge in [-0.2, -0.15) is 0 Å². The zero-order valence-electron chi connectivity index (χ0n) is 10.8. The van der Waals surface area contributed by atoms with Gasteiger partial charge in [0.15, 0.2) is 0 Å². The Balaban J connectivity index is 1.86. The fraction of sp³-hybridized carbons (Fsp3) is 0.533. The molecule has 4 heteroatoms. The Kier molecular flexibility index (Phi) is 3.19. The first-order valence-corrected chi connectivity index (χ1v) is 6.79. The number of carboxylic acids is 1. The molecule has 3 rings (SSSR count). The van der Waals surface area contributed by atoms with Crippen LogP contribution in [0.25, 0.3) is 0 Å². The van der Waals surface area contributed by atoms with E-state index >= 15 is 0 Å². The van der Waals surface area contributed by atoms with Crippen molar-refractivity contribution in [3.63, 3.8) is 0 Å². The van der Waals surface area contributed by atoms with Gasteiger partial charge in [-0.15, -0.1) is 0 Å². The summed E-state index contributed by atoms with van der Waals surface area (Å²) >= 11 is 0. The first-order valence-electron chi connectivity index (χ1n) is 6.79. The van der Waals surface area contributed by atoms with E-state index in [2.05, 4.69) is 0 Å². The Hall–Kier alpha value is -1.55. The molecule has 1 aromatic rings. The molecule has 0 atom stereocenters. The maximum atomic E-state index is 11.7. The van der Waals surface area contributed by atoms with Crippen molar-refractivity contribution in [1.29, 1.82) is 0 Å². The van der Waals surface area contributed by atoms with E-state index in [-0.39, 0.29) is 6.10 Å². The van der Waals surface area contributed by atoms with E-state index < -0.39 is 11.4 Å². The smallest absolute Gasteiger partial charge is 0.314 e. The van der Waals surface area contributed by atoms with Crippen molar-refractivity contribution in [2.75, 3.05) is 13.2 Å². The van der Waals surface area contributed by atoms with Gasteiger partial charge < -0.3 is 14.6 Å². The Labute approximate surface area is 112 Å². The monoisotopic (exact) mass is 262 g/mol. The SMILES string of the molecule is O=C(O)C1(c2cccc(OC3COC3)c2)CCCC1. The van der Waals surface area contributed by atoms with E-state index in [1.807, 2.05) is 24.3 Å². The normalized spacial score (nSPS) is 21.9. The van der Waals surface area contributed by atoms with E-state index in [1.54, 1.807) is 0 Å². The van der Waals surface area contributed by atoms with Gasteiger partial charge in [0, 0.05) is 0 Å². The third-order valence-electron chi connectivity index (χ3n) is 4.16. The molecule has 1 saturated carbocycles. The van der Waals surface area contributed by atoms with Crippen LogP contribution in [0.15, 0.2) is 24.3 Å². The highest BCUT2D eigenvalue weighted by molar-refractivity contribution is 5.82. The summed E-state index contributed by atoms with van der Waals surface area (Å²) in [5.74, 6) is 0.0347. The summed E-state index contributed by atoms with van der Waals surface area (Å²) in [5.41, 5.74) is 0.158. The van der Waals surface area contributed by atoms with Crippen LogP contribution < -0.4 is 4.74 Å². The van der Waals surface area contributed by atoms with Crippen LogP contribution in [0, 0.1) is 0 Å². The lowest BCUT2D eigenvalue weighted by molar-refractivity contribution is -0.143. The molecule has 1 N–H and O–H groups in total. The van der Waals surface area contributed by atoms with Crippen molar-refractivity contribution in [2.45, 2.75) is 37.2 Å². The highest BCUT2D eigenvalue weighted by atomic mass is 16.6. The van der Waals surface area contributed by atoms with Crippen LogP contribution in [0.2, 0.25) is 0 Å². The van der Waals surface area contributed by atoms with Gasteiger partial charge in [0.05, 0.1) is 18.6 Å². The minimum atomic E-state index is -0.714. The standard InChI is InChI=1S/C15H18O4/c16-14(17)15(6-1-2-7-15)11-4-3-5-12(8-11)19-13-9-18-10-13/h3-5,8,13H,1-2,6-7,9-10H2,(H,16,17). The van der Waals surface area contributed by atoms with Gasteiger partial charge in [-0.3, -0.25) is 4.79 Å². The van der Waals surface area contributed by atoms with Crippen LogP contribution >= 0.6 is 0 Å². The van der Waals surface area contributed by atoms with E-state index in [0.29, 0.717) is 13.2 Å². The molecule has 0 spiro atoms. The van der Waals surface area contributed by atoms with Crippen LogP contribution in [0.3, 0.4) is 0 Å². The molecule has 0 radical (unpaired) electrons. The summed E-state index contributed by atoms with van der Waals surface area (Å²) in [6.07, 6.45) is 3.51. The minimum Gasteiger partial charge on any atom is -0.486 e. The molecule has 0 amide bonds. The number of hydrogen-bond acceptors (Lipinski definition) is 3. The average molecular weight is 262 g/mol. The van der Waals surface area contributed by atoms with Gasteiger partial charge in [0.25, 0.3) is 0 Å². The van der Waals surface area contributed by atoms with Gasteiger partial charge in [-0.05, 0) is 30.5 Å². The number of benzene rings is 1. The maximum absolute atomic E-state index is 11.7. The van der Waals surface area contributed by atoms with Gasteiger partial charge in [-0.1, -0.05) is 25.0 Å². The van der Waals surface area contributed by atoms with Crippen molar-refractivity contribution in [2.24, 2.45) is 0 Å². The Morgan fingerprint density at radius 2 is 2.05 bits per heavy atom. The third kappa shape index (κ3) is 2.21. The average Bonchev–Trinajstić information content (AvgIpc) is 2.85. The zero-order chi connectivity index (χ0) is 13.3. The highest BCUT2D eigenvalue weighted by Gasteiger charge is 2.43. The molecule has 1 heterocycles. The van der Waals surface area contributed by atoms with Crippen molar-refractivity contribution in [3.05, 3.63) is 29.8 Å². The number of rotatable bonds is 4. The van der Waals surface area contributed by atoms with Crippen molar-refractivity contribution >= 4 is 5.97 Å². The molecular weight excluding hydrogens is 244 g/mol. The fourth-order valence-electron chi connectivity index (χ4n) is 2.95. The molecular formula is C15H18O4. The number of hydrogen-bond donors (Lipinski definition) is 1. The molecule has 2 aliphatic rings. The van der Waals surface area contributed by atoms with Crippen molar-refractivity contribution in [1.82, 2.24) is 0 Å². The van der Waals surface area contributed by atoms with Crippen LogP contribution in [0.4, 0.5) is 0 Å². The summed E-state index contributed by atoms with van der Waals surface area (Å²) in [5, 5.41) is 9.59. The second-order valence-electron chi connectivity index (χ2n) is 5.40. The summed E-state index contributed by atoms with van der Waals surface area (Å²) in [6, 6.07) is 7.56. The van der Waals surface area contributed by atoms with Gasteiger partial charge in [0.2, 0.25) is 0 Å². The van der Waals surface area contributed by atoms with E-state index in [0.717, 1.165) is 37.0 Å². The first kappa shape index (κ1) is 12.5. The van der Waals surface area contributed by atoms with E-state index in [1.165, 1.54) is 0 Å². The second-order valence-corrected chi connectivity index (χ2v) is 5.40. The van der Waals surface area contributed by atoms with Crippen LogP contribution in [-0.4, -0.2) is 30.4 Å². The third-order valence-corrected chi connectivity index (χ3v) is 4.16. The zero-order valence-corrected chi connectivity index (χ0v) is 10.8. The summed E-state index contributed by atoms with van der Waals surface area (Å²) < 4.78 is 10.8. The molecule has 2 fully saturated rings. The Morgan fingerprint density at radius 1 is 1.32 bits per heavy atom. The highest BCUT2D eigenvalue weighted by Crippen LogP contribution is 2.42. The predicted octanol–water partition coefficient (Wildman–Crippen LogP) is 2.36. The number of carboxylic acid groups (broad SMARTS) is 1. The fourth-order valence-corrected chi connectivity index (χ4v) is 2.95. The van der Waals surface area contributed by atoms with Gasteiger partial charge >= 0.3 is 5.97 Å². The lowest BCUT2D eigenvalue weighted by Gasteiger charge is -2.28. The molecule has 19 heavy (non-hydrogen) atoms. The lowest BCUT2D eigenvalue weighted by Crippen LogP contribution is -2.38. The molecule has 1 aliphatic carbocycles.